The van der Waals surface area contributed by atoms with E-state index in [1.54, 1.807) is 18.2 Å². The van der Waals surface area contributed by atoms with Gasteiger partial charge >= 0.3 is 0 Å². The molecule has 5 nitrogen and oxygen atoms in total. The van der Waals surface area contributed by atoms with Gasteiger partial charge in [0.15, 0.2) is 5.13 Å². The Morgan fingerprint density at radius 2 is 2.17 bits per heavy atom. The number of unbranched alkanes of at least 4 members (excludes halogenated alkanes) is 1. The van der Waals surface area contributed by atoms with E-state index in [0.717, 1.165) is 29.8 Å². The largest absolute Gasteiger partial charge is 0.375 e. The lowest BCUT2D eigenvalue weighted by molar-refractivity contribution is -0.481. The maximum atomic E-state index is 11.2. The van der Waals surface area contributed by atoms with Gasteiger partial charge in [-0.1, -0.05) is 42.6 Å². The quantitative estimate of drug-likeness (QED) is 0.558. The maximum absolute atomic E-state index is 11.2. The Bertz CT molecular complexity index is 706. The zero-order valence-corrected chi connectivity index (χ0v) is 14.9. The van der Waals surface area contributed by atoms with Gasteiger partial charge in [-0.15, -0.1) is 11.3 Å². The first-order valence-corrected chi connectivity index (χ1v) is 8.81. The van der Waals surface area contributed by atoms with Gasteiger partial charge < -0.3 is 5.73 Å². The molecule has 8 heteroatoms. The number of rotatable bonds is 7. The van der Waals surface area contributed by atoms with Crippen molar-refractivity contribution in [3.8, 4) is 0 Å². The monoisotopic (exact) mass is 373 g/mol. The first-order chi connectivity index (χ1) is 10.9. The topological polar surface area (TPSA) is 82.0 Å². The van der Waals surface area contributed by atoms with E-state index in [1.165, 1.54) is 11.3 Å². The molecule has 1 heterocycles. The molecule has 0 aliphatic rings. The number of thiazole rings is 1. The van der Waals surface area contributed by atoms with Gasteiger partial charge in [0, 0.05) is 19.8 Å². The summed E-state index contributed by atoms with van der Waals surface area (Å²) in [5, 5.41) is 12.5. The molecule has 0 spiro atoms. The summed E-state index contributed by atoms with van der Waals surface area (Å²) in [6, 6.07) is 5.02. The van der Waals surface area contributed by atoms with Crippen LogP contribution in [0.3, 0.4) is 0 Å². The highest BCUT2D eigenvalue weighted by molar-refractivity contribution is 7.15. The summed E-state index contributed by atoms with van der Waals surface area (Å²) < 4.78 is 0. The van der Waals surface area contributed by atoms with Crippen molar-refractivity contribution in [3.63, 3.8) is 0 Å². The Labute approximate surface area is 148 Å². The van der Waals surface area contributed by atoms with Gasteiger partial charge in [-0.25, -0.2) is 4.98 Å². The molecule has 0 aliphatic carbocycles. The van der Waals surface area contributed by atoms with Crippen LogP contribution < -0.4 is 5.73 Å². The minimum atomic E-state index is -0.476. The summed E-state index contributed by atoms with van der Waals surface area (Å²) >= 11 is 13.5. The number of hydrogen-bond donors (Lipinski definition) is 1. The number of anilines is 1. The lowest BCUT2D eigenvalue weighted by atomic mass is 9.95. The molecule has 0 saturated heterocycles. The highest BCUT2D eigenvalue weighted by Gasteiger charge is 2.28. The van der Waals surface area contributed by atoms with Crippen LogP contribution in [0.1, 0.15) is 41.8 Å². The van der Waals surface area contributed by atoms with Crippen molar-refractivity contribution in [1.29, 1.82) is 0 Å². The number of aromatic nitrogens is 1. The molecule has 0 saturated carbocycles. The third kappa shape index (κ3) is 4.56. The number of nitrogens with zero attached hydrogens (tertiary/aromatic N) is 2. The van der Waals surface area contributed by atoms with Gasteiger partial charge in [-0.3, -0.25) is 10.1 Å². The molecule has 2 rings (SSSR count). The molecule has 0 aliphatic heterocycles. The van der Waals surface area contributed by atoms with Gasteiger partial charge in [-0.05, 0) is 30.5 Å². The Hall–Kier alpha value is -1.37. The molecular formula is C15H17Cl2N3O2S. The predicted molar refractivity (Wildman–Crippen MR) is 95.3 cm³/mol. The summed E-state index contributed by atoms with van der Waals surface area (Å²) in [5.74, 6) is -0.476. The lowest BCUT2D eigenvalue weighted by Crippen LogP contribution is -2.15. The van der Waals surface area contributed by atoms with E-state index in [-0.39, 0.29) is 11.5 Å². The highest BCUT2D eigenvalue weighted by atomic mass is 35.5. The van der Waals surface area contributed by atoms with Crippen molar-refractivity contribution in [3.05, 3.63) is 54.5 Å². The van der Waals surface area contributed by atoms with E-state index in [9.17, 15) is 10.1 Å². The number of nitrogens with two attached hydrogens (primary N) is 1. The molecule has 23 heavy (non-hydrogen) atoms. The Kier molecular flexibility index (Phi) is 6.21. The van der Waals surface area contributed by atoms with Gasteiger partial charge in [0.25, 0.3) is 0 Å². The Balaban J connectivity index is 2.48. The summed E-state index contributed by atoms with van der Waals surface area (Å²) in [5.41, 5.74) is 7.34. The fourth-order valence-electron chi connectivity index (χ4n) is 2.43. The second kappa shape index (κ2) is 7.95. The highest BCUT2D eigenvalue weighted by Crippen LogP contribution is 2.38. The first-order valence-electron chi connectivity index (χ1n) is 7.24. The van der Waals surface area contributed by atoms with E-state index in [1.807, 2.05) is 0 Å². The SMILES string of the molecule is CCCCc1nc(N)sc1C(C[N+](=O)[O-])c1ccc(Cl)cc1Cl. The van der Waals surface area contributed by atoms with Gasteiger partial charge in [-0.2, -0.15) is 0 Å². The molecule has 0 bridgehead atoms. The van der Waals surface area contributed by atoms with Crippen molar-refractivity contribution in [2.24, 2.45) is 0 Å². The lowest BCUT2D eigenvalue weighted by Gasteiger charge is -2.15. The normalized spacial score (nSPS) is 12.3. The summed E-state index contributed by atoms with van der Waals surface area (Å²) in [7, 11) is 0. The van der Waals surface area contributed by atoms with Gasteiger partial charge in [0.1, 0.15) is 0 Å². The average Bonchev–Trinajstić information content (AvgIpc) is 2.83. The standard InChI is InChI=1S/C15H17Cl2N3O2S/c1-2-3-4-13-14(23-15(18)19-13)11(8-20(21)22)10-6-5-9(16)7-12(10)17/h5-7,11H,2-4,8H2,1H3,(H2,18,19). The van der Waals surface area contributed by atoms with Crippen molar-refractivity contribution < 1.29 is 4.92 Å². The Morgan fingerprint density at radius 3 is 2.78 bits per heavy atom. The minimum absolute atomic E-state index is 0.262. The van der Waals surface area contributed by atoms with E-state index in [0.29, 0.717) is 20.7 Å². The smallest absolute Gasteiger partial charge is 0.215 e. The summed E-state index contributed by atoms with van der Waals surface area (Å²) in [6.07, 6.45) is 2.72. The molecule has 1 aromatic carbocycles. The number of halogens is 2. The molecule has 1 aromatic heterocycles. The summed E-state index contributed by atoms with van der Waals surface area (Å²) in [6.45, 7) is 1.82. The number of benzene rings is 1. The first kappa shape index (κ1) is 18.0. The molecule has 0 radical (unpaired) electrons. The maximum Gasteiger partial charge on any atom is 0.215 e. The second-order valence-electron chi connectivity index (χ2n) is 5.20. The molecule has 1 unspecified atom stereocenters. The molecule has 1 atom stereocenters. The fraction of sp³-hybridized carbons (Fsp3) is 0.400. The molecule has 124 valence electrons. The number of aryl methyl sites for hydroxylation is 1. The third-order valence-corrected chi connectivity index (χ3v) is 5.10. The fourth-order valence-corrected chi connectivity index (χ4v) is 3.96. The van der Waals surface area contributed by atoms with Crippen LogP contribution in [0.2, 0.25) is 10.0 Å². The summed E-state index contributed by atoms with van der Waals surface area (Å²) in [4.78, 5) is 16.0. The number of hydrogen-bond acceptors (Lipinski definition) is 5. The van der Waals surface area contributed by atoms with Crippen molar-refractivity contribution in [2.75, 3.05) is 12.3 Å². The van der Waals surface area contributed by atoms with E-state index in [4.69, 9.17) is 28.9 Å². The van der Waals surface area contributed by atoms with Crippen LogP contribution in [0.5, 0.6) is 0 Å². The Morgan fingerprint density at radius 1 is 1.43 bits per heavy atom. The van der Waals surface area contributed by atoms with Crippen LogP contribution in [0.25, 0.3) is 0 Å². The van der Waals surface area contributed by atoms with Crippen molar-refractivity contribution in [1.82, 2.24) is 4.98 Å². The van der Waals surface area contributed by atoms with E-state index < -0.39 is 5.92 Å². The molecule has 0 fully saturated rings. The van der Waals surface area contributed by atoms with Crippen LogP contribution in [0.15, 0.2) is 18.2 Å². The van der Waals surface area contributed by atoms with Crippen LogP contribution in [-0.2, 0) is 6.42 Å². The van der Waals surface area contributed by atoms with Crippen LogP contribution in [0, 0.1) is 10.1 Å². The molecule has 2 aromatic rings. The van der Waals surface area contributed by atoms with Gasteiger partial charge in [0.05, 0.1) is 11.6 Å². The second-order valence-corrected chi connectivity index (χ2v) is 7.11. The minimum Gasteiger partial charge on any atom is -0.375 e. The molecule has 2 N–H and O–H groups in total. The average molecular weight is 374 g/mol. The van der Waals surface area contributed by atoms with Crippen LogP contribution >= 0.6 is 34.5 Å². The van der Waals surface area contributed by atoms with Crippen molar-refractivity contribution in [2.45, 2.75) is 32.1 Å². The third-order valence-electron chi connectivity index (χ3n) is 3.50. The van der Waals surface area contributed by atoms with Crippen LogP contribution in [0.4, 0.5) is 5.13 Å². The predicted octanol–water partition coefficient (Wildman–Crippen LogP) is 4.78. The molecule has 0 amide bonds. The van der Waals surface area contributed by atoms with Crippen LogP contribution in [-0.4, -0.2) is 16.5 Å². The van der Waals surface area contributed by atoms with Gasteiger partial charge in [0.2, 0.25) is 6.54 Å². The zero-order chi connectivity index (χ0) is 17.0. The number of nitrogen functional groups attached to an aromatic ring is 1. The van der Waals surface area contributed by atoms with E-state index in [2.05, 4.69) is 11.9 Å². The van der Waals surface area contributed by atoms with Crippen molar-refractivity contribution >= 4 is 39.7 Å². The zero-order valence-electron chi connectivity index (χ0n) is 12.6. The molecular weight excluding hydrogens is 357 g/mol. The number of nitro groups is 1. The van der Waals surface area contributed by atoms with E-state index >= 15 is 0 Å².